The second kappa shape index (κ2) is 10.7. The standard InChI is InChI=1S/C25H30ClN3OS/c26-31-24-8-6-23(7-9-24)30-19-18-28-14-16-29(17-15-28)22-10-12-25(20-27,13-11-22)21-4-2-1-3-5-21/h1-9,22H,10-19H2. The van der Waals surface area contributed by atoms with Crippen molar-refractivity contribution >= 4 is 21.7 Å². The first-order chi connectivity index (χ1) is 15.2. The first-order valence-corrected chi connectivity index (χ1v) is 12.8. The molecule has 1 aliphatic heterocycles. The molecular weight excluding hydrogens is 426 g/mol. The zero-order valence-corrected chi connectivity index (χ0v) is 19.5. The third-order valence-corrected chi connectivity index (χ3v) is 7.85. The highest BCUT2D eigenvalue weighted by molar-refractivity contribution is 8.21. The molecule has 0 radical (unpaired) electrons. The Morgan fingerprint density at radius 1 is 1.00 bits per heavy atom. The van der Waals surface area contributed by atoms with Crippen molar-refractivity contribution in [2.45, 2.75) is 42.0 Å². The maximum atomic E-state index is 9.93. The van der Waals surface area contributed by atoms with E-state index in [-0.39, 0.29) is 5.41 Å². The van der Waals surface area contributed by atoms with E-state index in [1.807, 2.05) is 30.3 Å². The highest BCUT2D eigenvalue weighted by Crippen LogP contribution is 2.40. The molecule has 2 aliphatic rings. The predicted molar refractivity (Wildman–Crippen MR) is 128 cm³/mol. The van der Waals surface area contributed by atoms with E-state index in [0.717, 1.165) is 69.1 Å². The maximum Gasteiger partial charge on any atom is 0.119 e. The van der Waals surface area contributed by atoms with Crippen LogP contribution >= 0.6 is 21.7 Å². The fourth-order valence-electron chi connectivity index (χ4n) is 4.91. The van der Waals surface area contributed by atoms with Gasteiger partial charge < -0.3 is 4.74 Å². The maximum absolute atomic E-state index is 9.93. The van der Waals surface area contributed by atoms with Gasteiger partial charge in [0.15, 0.2) is 0 Å². The highest BCUT2D eigenvalue weighted by atomic mass is 35.7. The Hall–Kier alpha value is -1.71. The van der Waals surface area contributed by atoms with Crippen LogP contribution in [0.1, 0.15) is 31.2 Å². The molecule has 1 saturated carbocycles. The number of hydrogen-bond donors (Lipinski definition) is 0. The van der Waals surface area contributed by atoms with E-state index in [4.69, 9.17) is 15.4 Å². The van der Waals surface area contributed by atoms with Crippen LogP contribution in [0, 0.1) is 11.3 Å². The van der Waals surface area contributed by atoms with Gasteiger partial charge in [0.25, 0.3) is 0 Å². The minimum Gasteiger partial charge on any atom is -0.492 e. The molecule has 4 rings (SSSR count). The van der Waals surface area contributed by atoms with Gasteiger partial charge in [0.05, 0.1) is 11.5 Å². The van der Waals surface area contributed by atoms with Gasteiger partial charge in [-0.05, 0) is 77.2 Å². The third kappa shape index (κ3) is 5.56. The lowest BCUT2D eigenvalue weighted by Gasteiger charge is -2.44. The van der Waals surface area contributed by atoms with Gasteiger partial charge in [-0.15, -0.1) is 0 Å². The molecule has 1 heterocycles. The molecule has 0 N–H and O–H groups in total. The van der Waals surface area contributed by atoms with Gasteiger partial charge in [0, 0.05) is 43.7 Å². The zero-order valence-electron chi connectivity index (χ0n) is 17.9. The number of benzene rings is 2. The van der Waals surface area contributed by atoms with Crippen molar-refractivity contribution < 1.29 is 4.74 Å². The topological polar surface area (TPSA) is 39.5 Å². The van der Waals surface area contributed by atoms with Crippen molar-refractivity contribution in [1.82, 2.24) is 9.80 Å². The zero-order chi connectivity index (χ0) is 21.5. The number of nitrogens with zero attached hydrogens (tertiary/aromatic N) is 3. The number of piperazine rings is 1. The lowest BCUT2D eigenvalue weighted by molar-refractivity contribution is 0.0647. The van der Waals surface area contributed by atoms with E-state index >= 15 is 0 Å². The van der Waals surface area contributed by atoms with E-state index in [2.05, 4.69) is 40.1 Å². The van der Waals surface area contributed by atoms with Crippen LogP contribution in [-0.2, 0) is 5.41 Å². The molecule has 31 heavy (non-hydrogen) atoms. The van der Waals surface area contributed by atoms with Crippen LogP contribution in [0.15, 0.2) is 59.5 Å². The van der Waals surface area contributed by atoms with E-state index < -0.39 is 0 Å². The Balaban J connectivity index is 1.19. The Bertz CT molecular complexity index is 855. The lowest BCUT2D eigenvalue weighted by atomic mass is 9.69. The number of ether oxygens (including phenoxy) is 1. The van der Waals surface area contributed by atoms with Crippen molar-refractivity contribution in [2.75, 3.05) is 39.3 Å². The predicted octanol–water partition coefficient (Wildman–Crippen LogP) is 5.33. The molecule has 0 unspecified atom stereocenters. The van der Waals surface area contributed by atoms with Gasteiger partial charge in [-0.25, -0.2) is 0 Å². The summed E-state index contributed by atoms with van der Waals surface area (Å²) in [5, 5.41) is 9.93. The Kier molecular flexibility index (Phi) is 7.79. The first-order valence-electron chi connectivity index (χ1n) is 11.2. The first kappa shape index (κ1) is 22.5. The van der Waals surface area contributed by atoms with Crippen molar-refractivity contribution in [3.05, 3.63) is 60.2 Å². The summed E-state index contributed by atoms with van der Waals surface area (Å²) >= 11 is 0. The Labute approximate surface area is 194 Å². The molecule has 164 valence electrons. The van der Waals surface area contributed by atoms with Crippen LogP contribution in [0.5, 0.6) is 5.75 Å². The van der Waals surface area contributed by atoms with Gasteiger partial charge in [0.1, 0.15) is 12.4 Å². The fraction of sp³-hybridized carbons (Fsp3) is 0.480. The molecule has 1 aliphatic carbocycles. The number of halogens is 1. The summed E-state index contributed by atoms with van der Waals surface area (Å²) in [4.78, 5) is 6.17. The van der Waals surface area contributed by atoms with Crippen LogP contribution in [-0.4, -0.2) is 55.2 Å². The number of hydrogen-bond acceptors (Lipinski definition) is 5. The van der Waals surface area contributed by atoms with Gasteiger partial charge in [-0.3, -0.25) is 9.80 Å². The van der Waals surface area contributed by atoms with E-state index in [1.165, 1.54) is 16.5 Å². The van der Waals surface area contributed by atoms with Crippen LogP contribution in [0.2, 0.25) is 0 Å². The minimum absolute atomic E-state index is 0.294. The van der Waals surface area contributed by atoms with Crippen molar-refractivity contribution in [3.63, 3.8) is 0 Å². The van der Waals surface area contributed by atoms with Crippen molar-refractivity contribution in [3.8, 4) is 11.8 Å². The average molecular weight is 456 g/mol. The molecule has 1 saturated heterocycles. The van der Waals surface area contributed by atoms with Gasteiger partial charge in [0.2, 0.25) is 0 Å². The molecule has 0 atom stereocenters. The fourth-order valence-corrected chi connectivity index (χ4v) is 5.46. The summed E-state index contributed by atoms with van der Waals surface area (Å²) in [5.41, 5.74) is 0.897. The van der Waals surface area contributed by atoms with Crippen LogP contribution < -0.4 is 4.74 Å². The summed E-state index contributed by atoms with van der Waals surface area (Å²) in [6.45, 7) is 6.05. The second-order valence-electron chi connectivity index (χ2n) is 8.57. The summed E-state index contributed by atoms with van der Waals surface area (Å²) in [7, 11) is 6.98. The molecular formula is C25H30ClN3OS. The van der Waals surface area contributed by atoms with E-state index in [9.17, 15) is 5.26 Å². The molecule has 0 bridgehead atoms. The van der Waals surface area contributed by atoms with E-state index in [0.29, 0.717) is 12.6 Å². The number of nitriles is 1. The summed E-state index contributed by atoms with van der Waals surface area (Å²) in [5.74, 6) is 0.898. The molecule has 0 amide bonds. The van der Waals surface area contributed by atoms with Gasteiger partial charge in [-0.1, -0.05) is 30.3 Å². The molecule has 2 aromatic carbocycles. The van der Waals surface area contributed by atoms with Crippen LogP contribution in [0.25, 0.3) is 0 Å². The molecule has 0 spiro atoms. The smallest absolute Gasteiger partial charge is 0.119 e. The van der Waals surface area contributed by atoms with E-state index in [1.54, 1.807) is 0 Å². The second-order valence-corrected chi connectivity index (χ2v) is 9.65. The van der Waals surface area contributed by atoms with Crippen LogP contribution in [0.3, 0.4) is 0 Å². The summed E-state index contributed by atoms with van der Waals surface area (Å²) in [6, 6.07) is 21.6. The van der Waals surface area contributed by atoms with Gasteiger partial charge in [-0.2, -0.15) is 5.26 Å². The van der Waals surface area contributed by atoms with Crippen molar-refractivity contribution in [2.24, 2.45) is 0 Å². The average Bonchev–Trinajstić information content (AvgIpc) is 2.85. The summed E-state index contributed by atoms with van der Waals surface area (Å²) in [6.07, 6.45) is 4.16. The minimum atomic E-state index is -0.294. The Morgan fingerprint density at radius 2 is 1.68 bits per heavy atom. The van der Waals surface area contributed by atoms with Gasteiger partial charge >= 0.3 is 0 Å². The monoisotopic (exact) mass is 455 g/mol. The third-order valence-electron chi connectivity index (χ3n) is 6.86. The quantitative estimate of drug-likeness (QED) is 0.564. The molecule has 4 nitrogen and oxygen atoms in total. The molecule has 2 fully saturated rings. The number of rotatable bonds is 7. The molecule has 0 aromatic heterocycles. The van der Waals surface area contributed by atoms with Crippen molar-refractivity contribution in [1.29, 1.82) is 5.26 Å². The largest absolute Gasteiger partial charge is 0.492 e. The van der Waals surface area contributed by atoms with Crippen LogP contribution in [0.4, 0.5) is 0 Å². The highest BCUT2D eigenvalue weighted by Gasteiger charge is 2.39. The summed E-state index contributed by atoms with van der Waals surface area (Å²) < 4.78 is 5.89. The SMILES string of the molecule is N#CC1(c2ccccc2)CCC(N2CCN(CCOc3ccc(SCl)cc3)CC2)CC1. The lowest BCUT2D eigenvalue weighted by Crippen LogP contribution is -2.52. The molecule has 2 aromatic rings. The molecule has 6 heteroatoms. The Morgan fingerprint density at radius 3 is 2.29 bits per heavy atom. The normalized spacial score (nSPS) is 25.1.